The minimum absolute atomic E-state index is 0.0290. The highest BCUT2D eigenvalue weighted by Gasteiger charge is 2.32. The molecule has 0 aliphatic heterocycles. The number of nitrogens with one attached hydrogen (secondary N) is 1. The molecule has 13 heavy (non-hydrogen) atoms. The van der Waals surface area contributed by atoms with Crippen LogP contribution in [0.5, 0.6) is 0 Å². The molecule has 3 atom stereocenters. The Labute approximate surface area is 79.5 Å². The molecule has 0 heterocycles. The molecule has 1 saturated carbocycles. The first-order valence-corrected chi connectivity index (χ1v) is 5.04. The minimum Gasteiger partial charge on any atom is -0.391 e. The third kappa shape index (κ3) is 2.44. The van der Waals surface area contributed by atoms with Gasteiger partial charge in [0.25, 0.3) is 0 Å². The van der Waals surface area contributed by atoms with E-state index in [4.69, 9.17) is 0 Å². The summed E-state index contributed by atoms with van der Waals surface area (Å²) in [5.74, 6) is 0.831. The van der Waals surface area contributed by atoms with E-state index in [9.17, 15) is 9.90 Å². The number of hydrogen-bond donors (Lipinski definition) is 2. The summed E-state index contributed by atoms with van der Waals surface area (Å²) in [5, 5.41) is 12.6. The zero-order chi connectivity index (χ0) is 9.84. The number of amides is 1. The lowest BCUT2D eigenvalue weighted by Gasteiger charge is -2.36. The molecule has 1 rings (SSSR count). The van der Waals surface area contributed by atoms with Gasteiger partial charge in [-0.15, -0.1) is 0 Å². The van der Waals surface area contributed by atoms with E-state index in [1.165, 1.54) is 0 Å². The molecule has 0 aromatic heterocycles. The number of aliphatic hydroxyl groups is 1. The molecular weight excluding hydrogens is 166 g/mol. The highest BCUT2D eigenvalue weighted by atomic mass is 16.3. The van der Waals surface area contributed by atoms with Crippen molar-refractivity contribution in [2.75, 3.05) is 0 Å². The number of carbonyl (C=O) groups excluding carboxylic acids is 1. The predicted octanol–water partition coefficient (Wildman–Crippen LogP) is 0.918. The maximum atomic E-state index is 10.3. The van der Waals surface area contributed by atoms with E-state index in [2.05, 4.69) is 19.2 Å². The summed E-state index contributed by atoms with van der Waals surface area (Å²) in [6, 6.07) is -0.0290. The van der Waals surface area contributed by atoms with E-state index in [1.54, 1.807) is 0 Å². The molecule has 0 bridgehead atoms. The lowest BCUT2D eigenvalue weighted by atomic mass is 9.77. The maximum Gasteiger partial charge on any atom is 0.207 e. The second kappa shape index (κ2) is 4.61. The molecule has 0 spiro atoms. The smallest absolute Gasteiger partial charge is 0.207 e. The molecule has 3 nitrogen and oxygen atoms in total. The minimum atomic E-state index is -0.362. The van der Waals surface area contributed by atoms with E-state index in [0.29, 0.717) is 18.2 Å². The van der Waals surface area contributed by atoms with Gasteiger partial charge >= 0.3 is 0 Å². The Morgan fingerprint density at radius 3 is 2.69 bits per heavy atom. The van der Waals surface area contributed by atoms with Crippen molar-refractivity contribution in [3.8, 4) is 0 Å². The number of carbonyl (C=O) groups is 1. The van der Waals surface area contributed by atoms with E-state index < -0.39 is 0 Å². The van der Waals surface area contributed by atoms with Crippen molar-refractivity contribution in [3.05, 3.63) is 0 Å². The standard InChI is InChI=1S/C10H19NO2/c1-7(2)8-4-3-5-9(10(8)13)11-6-12/h6-10,13H,3-5H2,1-2H3,(H,11,12). The van der Waals surface area contributed by atoms with Gasteiger partial charge in [-0.25, -0.2) is 0 Å². The van der Waals surface area contributed by atoms with Crippen molar-refractivity contribution >= 4 is 6.41 Å². The summed E-state index contributed by atoms with van der Waals surface area (Å²) >= 11 is 0. The lowest BCUT2D eigenvalue weighted by molar-refractivity contribution is -0.112. The van der Waals surface area contributed by atoms with Crippen LogP contribution in [0.2, 0.25) is 0 Å². The molecule has 0 radical (unpaired) electrons. The van der Waals surface area contributed by atoms with Gasteiger partial charge in [-0.3, -0.25) is 4.79 Å². The van der Waals surface area contributed by atoms with Crippen LogP contribution in [0.1, 0.15) is 33.1 Å². The SMILES string of the molecule is CC(C)C1CCCC(NC=O)C1O. The first kappa shape index (κ1) is 10.5. The van der Waals surface area contributed by atoms with E-state index in [0.717, 1.165) is 19.3 Å². The van der Waals surface area contributed by atoms with Crippen LogP contribution in [0.15, 0.2) is 0 Å². The van der Waals surface area contributed by atoms with E-state index >= 15 is 0 Å². The van der Waals surface area contributed by atoms with Gasteiger partial charge in [-0.05, 0) is 24.7 Å². The van der Waals surface area contributed by atoms with Crippen molar-refractivity contribution in [2.45, 2.75) is 45.3 Å². The Bertz CT molecular complexity index is 170. The first-order valence-electron chi connectivity index (χ1n) is 5.04. The molecular formula is C10H19NO2. The summed E-state index contributed by atoms with van der Waals surface area (Å²) in [6.07, 6.45) is 3.42. The number of rotatable bonds is 3. The number of hydrogen-bond acceptors (Lipinski definition) is 2. The zero-order valence-corrected chi connectivity index (χ0v) is 8.36. The Morgan fingerprint density at radius 1 is 1.46 bits per heavy atom. The summed E-state index contributed by atoms with van der Waals surface area (Å²) in [5.41, 5.74) is 0. The first-order chi connectivity index (χ1) is 6.16. The van der Waals surface area contributed by atoms with Gasteiger partial charge in [0.1, 0.15) is 0 Å². The summed E-state index contributed by atoms with van der Waals surface area (Å²) in [4.78, 5) is 10.3. The molecule has 1 aliphatic rings. The lowest BCUT2D eigenvalue weighted by Crippen LogP contribution is -2.47. The van der Waals surface area contributed by atoms with Crippen LogP contribution < -0.4 is 5.32 Å². The topological polar surface area (TPSA) is 49.3 Å². The monoisotopic (exact) mass is 185 g/mol. The van der Waals surface area contributed by atoms with Crippen molar-refractivity contribution in [1.29, 1.82) is 0 Å². The largest absolute Gasteiger partial charge is 0.391 e. The van der Waals surface area contributed by atoms with E-state index in [1.807, 2.05) is 0 Å². The molecule has 1 fully saturated rings. The summed E-state index contributed by atoms with van der Waals surface area (Å²) < 4.78 is 0. The normalized spacial score (nSPS) is 34.6. The Balaban J connectivity index is 2.54. The molecule has 2 N–H and O–H groups in total. The highest BCUT2D eigenvalue weighted by Crippen LogP contribution is 2.30. The summed E-state index contributed by atoms with van der Waals surface area (Å²) in [7, 11) is 0. The average molecular weight is 185 g/mol. The zero-order valence-electron chi connectivity index (χ0n) is 8.36. The fourth-order valence-corrected chi connectivity index (χ4v) is 2.21. The Hall–Kier alpha value is -0.570. The maximum absolute atomic E-state index is 10.3. The molecule has 76 valence electrons. The molecule has 3 heteroatoms. The van der Waals surface area contributed by atoms with Crippen LogP contribution in [-0.4, -0.2) is 23.7 Å². The van der Waals surface area contributed by atoms with E-state index in [-0.39, 0.29) is 12.1 Å². The van der Waals surface area contributed by atoms with Crippen LogP contribution in [-0.2, 0) is 4.79 Å². The fraction of sp³-hybridized carbons (Fsp3) is 0.900. The quantitative estimate of drug-likeness (QED) is 0.642. The predicted molar refractivity (Wildman–Crippen MR) is 51.2 cm³/mol. The molecule has 1 aliphatic carbocycles. The third-order valence-corrected chi connectivity index (χ3v) is 3.04. The van der Waals surface area contributed by atoms with Crippen molar-refractivity contribution < 1.29 is 9.90 Å². The summed E-state index contributed by atoms with van der Waals surface area (Å²) in [6.45, 7) is 4.24. The Morgan fingerprint density at radius 2 is 2.15 bits per heavy atom. The van der Waals surface area contributed by atoms with Crippen molar-refractivity contribution in [1.82, 2.24) is 5.32 Å². The third-order valence-electron chi connectivity index (χ3n) is 3.04. The molecule has 0 aromatic carbocycles. The van der Waals surface area contributed by atoms with Gasteiger partial charge in [-0.1, -0.05) is 20.3 Å². The Kier molecular flexibility index (Phi) is 3.72. The van der Waals surface area contributed by atoms with Crippen molar-refractivity contribution in [2.24, 2.45) is 11.8 Å². The van der Waals surface area contributed by atoms with Gasteiger partial charge < -0.3 is 10.4 Å². The average Bonchev–Trinajstić information content (AvgIpc) is 2.08. The highest BCUT2D eigenvalue weighted by molar-refractivity contribution is 5.46. The second-order valence-electron chi connectivity index (χ2n) is 4.22. The van der Waals surface area contributed by atoms with Crippen LogP contribution in [0.4, 0.5) is 0 Å². The van der Waals surface area contributed by atoms with Crippen LogP contribution in [0.25, 0.3) is 0 Å². The van der Waals surface area contributed by atoms with Crippen LogP contribution in [0.3, 0.4) is 0 Å². The molecule has 3 unspecified atom stereocenters. The molecule has 1 amide bonds. The van der Waals surface area contributed by atoms with Gasteiger partial charge in [-0.2, -0.15) is 0 Å². The van der Waals surface area contributed by atoms with Crippen molar-refractivity contribution in [3.63, 3.8) is 0 Å². The van der Waals surface area contributed by atoms with Crippen LogP contribution >= 0.6 is 0 Å². The van der Waals surface area contributed by atoms with Gasteiger partial charge in [0, 0.05) is 0 Å². The molecule has 0 saturated heterocycles. The van der Waals surface area contributed by atoms with Gasteiger partial charge in [0.15, 0.2) is 0 Å². The van der Waals surface area contributed by atoms with Crippen LogP contribution in [0, 0.1) is 11.8 Å². The fourth-order valence-electron chi connectivity index (χ4n) is 2.21. The molecule has 0 aromatic rings. The number of aliphatic hydroxyl groups excluding tert-OH is 1. The second-order valence-corrected chi connectivity index (χ2v) is 4.22. The van der Waals surface area contributed by atoms with Gasteiger partial charge in [0.05, 0.1) is 12.1 Å². The van der Waals surface area contributed by atoms with Gasteiger partial charge in [0.2, 0.25) is 6.41 Å².